The molecule has 0 bridgehead atoms. The number of rotatable bonds is 9. The summed E-state index contributed by atoms with van der Waals surface area (Å²) in [6, 6.07) is 4.98. The third kappa shape index (κ3) is 5.05. The molecule has 0 aliphatic heterocycles. The van der Waals surface area contributed by atoms with Crippen molar-refractivity contribution in [2.75, 3.05) is 43.9 Å². The highest BCUT2D eigenvalue weighted by Crippen LogP contribution is 2.23. The fourth-order valence-electron chi connectivity index (χ4n) is 2.04. The molecular formula is C14H24N4O2. The van der Waals surface area contributed by atoms with Gasteiger partial charge in [-0.05, 0) is 32.1 Å². The van der Waals surface area contributed by atoms with Gasteiger partial charge in [0, 0.05) is 37.1 Å². The van der Waals surface area contributed by atoms with E-state index in [9.17, 15) is 10.1 Å². The second-order valence-electron chi connectivity index (χ2n) is 4.58. The van der Waals surface area contributed by atoms with Gasteiger partial charge < -0.3 is 15.5 Å². The number of nitro groups is 1. The van der Waals surface area contributed by atoms with Crippen LogP contribution in [0.2, 0.25) is 0 Å². The number of non-ortho nitro benzene ring substituents is 1. The van der Waals surface area contributed by atoms with E-state index in [1.54, 1.807) is 13.1 Å². The van der Waals surface area contributed by atoms with Crippen LogP contribution in [-0.4, -0.2) is 43.0 Å². The molecule has 0 radical (unpaired) electrons. The summed E-state index contributed by atoms with van der Waals surface area (Å²) in [6.45, 7) is 8.25. The number of nitro benzene ring substituents is 1. The van der Waals surface area contributed by atoms with Crippen LogP contribution in [0, 0.1) is 10.1 Å². The topological polar surface area (TPSA) is 70.4 Å². The van der Waals surface area contributed by atoms with Crippen molar-refractivity contribution in [1.82, 2.24) is 4.90 Å². The lowest BCUT2D eigenvalue weighted by Gasteiger charge is -2.18. The number of benzene rings is 1. The van der Waals surface area contributed by atoms with Gasteiger partial charge in [0.1, 0.15) is 0 Å². The summed E-state index contributed by atoms with van der Waals surface area (Å²) in [4.78, 5) is 12.8. The first kappa shape index (κ1) is 16.2. The maximum Gasteiger partial charge on any atom is 0.273 e. The van der Waals surface area contributed by atoms with Crippen LogP contribution in [0.25, 0.3) is 0 Å². The van der Waals surface area contributed by atoms with Gasteiger partial charge in [0.2, 0.25) is 0 Å². The van der Waals surface area contributed by atoms with Gasteiger partial charge in [-0.3, -0.25) is 10.1 Å². The van der Waals surface area contributed by atoms with E-state index >= 15 is 0 Å². The van der Waals surface area contributed by atoms with Crippen molar-refractivity contribution in [2.24, 2.45) is 0 Å². The van der Waals surface area contributed by atoms with E-state index in [1.807, 2.05) is 6.07 Å². The van der Waals surface area contributed by atoms with E-state index in [0.29, 0.717) is 0 Å². The minimum Gasteiger partial charge on any atom is -0.388 e. The molecule has 0 amide bonds. The summed E-state index contributed by atoms with van der Waals surface area (Å²) in [5.41, 5.74) is 1.62. The molecule has 0 aliphatic carbocycles. The monoisotopic (exact) mass is 280 g/mol. The molecule has 0 aliphatic rings. The van der Waals surface area contributed by atoms with Crippen molar-refractivity contribution < 1.29 is 4.92 Å². The van der Waals surface area contributed by atoms with Crippen molar-refractivity contribution >= 4 is 17.1 Å². The zero-order valence-electron chi connectivity index (χ0n) is 12.5. The molecule has 0 saturated carbocycles. The van der Waals surface area contributed by atoms with Gasteiger partial charge in [0.15, 0.2) is 0 Å². The van der Waals surface area contributed by atoms with Crippen LogP contribution in [0.3, 0.4) is 0 Å². The minimum absolute atomic E-state index is 0.100. The highest BCUT2D eigenvalue weighted by molar-refractivity contribution is 5.63. The Morgan fingerprint density at radius 1 is 1.20 bits per heavy atom. The zero-order valence-corrected chi connectivity index (χ0v) is 12.5. The lowest BCUT2D eigenvalue weighted by Crippen LogP contribution is -2.25. The molecule has 6 heteroatoms. The molecule has 0 atom stereocenters. The zero-order chi connectivity index (χ0) is 15.0. The molecule has 1 aromatic carbocycles. The van der Waals surface area contributed by atoms with Crippen LogP contribution in [0.5, 0.6) is 0 Å². The molecule has 112 valence electrons. The smallest absolute Gasteiger partial charge is 0.273 e. The first-order chi connectivity index (χ1) is 9.60. The Morgan fingerprint density at radius 2 is 1.85 bits per heavy atom. The predicted molar refractivity (Wildman–Crippen MR) is 83.5 cm³/mol. The van der Waals surface area contributed by atoms with Crippen LogP contribution < -0.4 is 10.6 Å². The lowest BCUT2D eigenvalue weighted by atomic mass is 10.2. The third-order valence-corrected chi connectivity index (χ3v) is 3.29. The standard InChI is InChI=1S/C14H24N4O2/c1-4-17(5-2)8-6-7-16-13-9-12(15-3)10-14(11-13)18(19)20/h9-11,15-16H,4-8H2,1-3H3. The first-order valence-corrected chi connectivity index (χ1v) is 7.04. The Kier molecular flexibility index (Phi) is 6.79. The molecule has 0 heterocycles. The van der Waals surface area contributed by atoms with Gasteiger partial charge in [-0.15, -0.1) is 0 Å². The van der Waals surface area contributed by atoms with Gasteiger partial charge in [0.25, 0.3) is 5.69 Å². The largest absolute Gasteiger partial charge is 0.388 e. The Hall–Kier alpha value is -1.82. The highest BCUT2D eigenvalue weighted by atomic mass is 16.6. The predicted octanol–water partition coefficient (Wildman–Crippen LogP) is 2.78. The van der Waals surface area contributed by atoms with E-state index in [2.05, 4.69) is 29.4 Å². The van der Waals surface area contributed by atoms with Gasteiger partial charge in [-0.25, -0.2) is 0 Å². The summed E-state index contributed by atoms with van der Waals surface area (Å²) in [6.07, 6.45) is 1.01. The Morgan fingerprint density at radius 3 is 2.40 bits per heavy atom. The number of hydrogen-bond donors (Lipinski definition) is 2. The van der Waals surface area contributed by atoms with Crippen LogP contribution in [0.15, 0.2) is 18.2 Å². The SMILES string of the molecule is CCN(CC)CCCNc1cc(NC)cc([N+](=O)[O-])c1. The molecule has 0 spiro atoms. The number of nitrogens with zero attached hydrogens (tertiary/aromatic N) is 2. The normalized spacial score (nSPS) is 10.6. The summed E-state index contributed by atoms with van der Waals surface area (Å²) < 4.78 is 0. The molecule has 0 saturated heterocycles. The molecular weight excluding hydrogens is 256 g/mol. The lowest BCUT2D eigenvalue weighted by molar-refractivity contribution is -0.384. The van der Waals surface area contributed by atoms with E-state index in [-0.39, 0.29) is 10.6 Å². The molecule has 2 N–H and O–H groups in total. The van der Waals surface area contributed by atoms with Gasteiger partial charge >= 0.3 is 0 Å². The molecule has 1 rings (SSSR count). The van der Waals surface area contributed by atoms with Crippen molar-refractivity contribution in [2.45, 2.75) is 20.3 Å². The third-order valence-electron chi connectivity index (χ3n) is 3.29. The van der Waals surface area contributed by atoms with Crippen molar-refractivity contribution in [1.29, 1.82) is 0 Å². The highest BCUT2D eigenvalue weighted by Gasteiger charge is 2.09. The van der Waals surface area contributed by atoms with E-state index in [4.69, 9.17) is 0 Å². The van der Waals surface area contributed by atoms with Crippen LogP contribution in [-0.2, 0) is 0 Å². The van der Waals surface area contributed by atoms with Crippen LogP contribution in [0.1, 0.15) is 20.3 Å². The van der Waals surface area contributed by atoms with Crippen molar-refractivity contribution in [3.05, 3.63) is 28.3 Å². The first-order valence-electron chi connectivity index (χ1n) is 7.04. The molecule has 1 aromatic rings. The fourth-order valence-corrected chi connectivity index (χ4v) is 2.04. The van der Waals surface area contributed by atoms with E-state index < -0.39 is 0 Å². The second kappa shape index (κ2) is 8.37. The summed E-state index contributed by atoms with van der Waals surface area (Å²) in [7, 11) is 1.75. The van der Waals surface area contributed by atoms with Gasteiger partial charge in [0.05, 0.1) is 4.92 Å². The molecule has 0 fully saturated rings. The van der Waals surface area contributed by atoms with E-state index in [0.717, 1.165) is 44.0 Å². The average molecular weight is 280 g/mol. The number of nitrogens with one attached hydrogen (secondary N) is 2. The Balaban J connectivity index is 2.55. The maximum absolute atomic E-state index is 10.9. The van der Waals surface area contributed by atoms with Gasteiger partial charge in [-0.1, -0.05) is 13.8 Å². The fraction of sp³-hybridized carbons (Fsp3) is 0.571. The maximum atomic E-state index is 10.9. The summed E-state index contributed by atoms with van der Waals surface area (Å²) in [5, 5.41) is 17.0. The summed E-state index contributed by atoms with van der Waals surface area (Å²) >= 11 is 0. The second-order valence-corrected chi connectivity index (χ2v) is 4.58. The Bertz CT molecular complexity index is 433. The van der Waals surface area contributed by atoms with Crippen LogP contribution >= 0.6 is 0 Å². The average Bonchev–Trinajstić information content (AvgIpc) is 2.47. The van der Waals surface area contributed by atoms with Crippen molar-refractivity contribution in [3.63, 3.8) is 0 Å². The van der Waals surface area contributed by atoms with Crippen molar-refractivity contribution in [3.8, 4) is 0 Å². The van der Waals surface area contributed by atoms with Gasteiger partial charge in [-0.2, -0.15) is 0 Å². The quantitative estimate of drug-likeness (QED) is 0.413. The number of anilines is 2. The minimum atomic E-state index is -0.373. The Labute approximate surface area is 120 Å². The van der Waals surface area contributed by atoms with Crippen LogP contribution in [0.4, 0.5) is 17.1 Å². The number of hydrogen-bond acceptors (Lipinski definition) is 5. The molecule has 6 nitrogen and oxygen atoms in total. The summed E-state index contributed by atoms with van der Waals surface area (Å²) in [5.74, 6) is 0. The van der Waals surface area contributed by atoms with E-state index in [1.165, 1.54) is 6.07 Å². The molecule has 0 aromatic heterocycles. The molecule has 0 unspecified atom stereocenters. The molecule has 20 heavy (non-hydrogen) atoms.